The molecule has 43 heavy (non-hydrogen) atoms. The van der Waals surface area contributed by atoms with Crippen molar-refractivity contribution in [2.45, 2.75) is 31.8 Å². The Morgan fingerprint density at radius 3 is 2.26 bits per heavy atom. The molecule has 3 unspecified atom stereocenters. The molecule has 13 heteroatoms. The van der Waals surface area contributed by atoms with Gasteiger partial charge in [-0.1, -0.05) is 48.5 Å². The second-order valence-corrected chi connectivity index (χ2v) is 9.55. The van der Waals surface area contributed by atoms with Gasteiger partial charge in [-0.2, -0.15) is 18.4 Å². The molecule has 222 valence electrons. The number of nitrogens with zero attached hydrogens (tertiary/aromatic N) is 3. The molecule has 3 aromatic carbocycles. The number of ether oxygens (including phenoxy) is 2. The second kappa shape index (κ2) is 12.6. The first kappa shape index (κ1) is 30.6. The largest absolute Gasteiger partial charge is 0.481 e. The van der Waals surface area contributed by atoms with Crippen LogP contribution in [0.2, 0.25) is 0 Å². The van der Waals surface area contributed by atoms with Crippen LogP contribution in [0.3, 0.4) is 0 Å². The Morgan fingerprint density at radius 1 is 0.977 bits per heavy atom. The molecule has 1 aliphatic rings. The summed E-state index contributed by atoms with van der Waals surface area (Å²) in [5.41, 5.74) is -0.395. The Hall–Kier alpha value is -5.38. The van der Waals surface area contributed by atoms with E-state index in [1.54, 1.807) is 30.3 Å². The number of carbonyl (C=O) groups excluding carboxylic acids is 3. The predicted octanol–water partition coefficient (Wildman–Crippen LogP) is 5.53. The molecule has 3 atom stereocenters. The maximum atomic E-state index is 13.9. The van der Waals surface area contributed by atoms with E-state index in [9.17, 15) is 37.5 Å². The van der Waals surface area contributed by atoms with Crippen molar-refractivity contribution >= 4 is 29.8 Å². The average Bonchev–Trinajstić information content (AvgIpc) is 2.98. The maximum absolute atomic E-state index is 13.9. The number of imide groups is 1. The fourth-order valence-corrected chi connectivity index (χ4v) is 4.79. The summed E-state index contributed by atoms with van der Waals surface area (Å²) < 4.78 is 50.6. The number of carboxylic acid groups (broad SMARTS) is 1. The number of aliphatic carboxylic acids is 1. The molecule has 1 heterocycles. The van der Waals surface area contributed by atoms with Crippen molar-refractivity contribution in [3.8, 4) is 6.07 Å². The highest BCUT2D eigenvalue weighted by atomic mass is 19.4. The van der Waals surface area contributed by atoms with E-state index in [1.807, 2.05) is 6.07 Å². The van der Waals surface area contributed by atoms with Gasteiger partial charge in [-0.15, -0.1) is 0 Å². The molecule has 1 N–H and O–H groups in total. The lowest BCUT2D eigenvalue weighted by Gasteiger charge is -2.47. The number of carboxylic acids is 1. The first-order valence-corrected chi connectivity index (χ1v) is 12.8. The molecule has 0 aromatic heterocycles. The van der Waals surface area contributed by atoms with Crippen LogP contribution in [0.25, 0.3) is 0 Å². The van der Waals surface area contributed by atoms with Gasteiger partial charge < -0.3 is 14.6 Å². The maximum Gasteiger partial charge on any atom is 0.419 e. The molecule has 3 aromatic rings. The van der Waals surface area contributed by atoms with Crippen LogP contribution in [0.5, 0.6) is 0 Å². The SMILES string of the molecule is CC1C(C(=O)O)C(c2ccc(C#N)cc2)N(C(=O)OCC(=O)OCc2ccccc2)C(=O)N1c1cccc(C(F)(F)F)c1. The summed E-state index contributed by atoms with van der Waals surface area (Å²) in [7, 11) is 0. The summed E-state index contributed by atoms with van der Waals surface area (Å²) in [5.74, 6) is -4.00. The van der Waals surface area contributed by atoms with Gasteiger partial charge in [-0.25, -0.2) is 19.3 Å². The van der Waals surface area contributed by atoms with Gasteiger partial charge in [0.2, 0.25) is 0 Å². The third-order valence-electron chi connectivity index (χ3n) is 6.83. The minimum absolute atomic E-state index is 0.129. The summed E-state index contributed by atoms with van der Waals surface area (Å²) in [6.07, 6.45) is -6.19. The number of benzene rings is 3. The third kappa shape index (κ3) is 6.75. The molecule has 1 saturated heterocycles. The van der Waals surface area contributed by atoms with Crippen molar-refractivity contribution in [1.82, 2.24) is 4.90 Å². The molecule has 1 fully saturated rings. The van der Waals surface area contributed by atoms with E-state index in [-0.39, 0.29) is 23.4 Å². The van der Waals surface area contributed by atoms with Crippen molar-refractivity contribution < 1.29 is 46.9 Å². The van der Waals surface area contributed by atoms with Crippen LogP contribution in [0, 0.1) is 17.2 Å². The molecule has 3 amide bonds. The smallest absolute Gasteiger partial charge is 0.419 e. The van der Waals surface area contributed by atoms with Crippen LogP contribution in [-0.4, -0.2) is 46.7 Å². The van der Waals surface area contributed by atoms with Gasteiger partial charge in [0.25, 0.3) is 0 Å². The van der Waals surface area contributed by atoms with E-state index < -0.39 is 60.4 Å². The first-order valence-electron chi connectivity index (χ1n) is 12.8. The summed E-state index contributed by atoms with van der Waals surface area (Å²) >= 11 is 0. The molecule has 0 bridgehead atoms. The van der Waals surface area contributed by atoms with E-state index >= 15 is 0 Å². The van der Waals surface area contributed by atoms with Gasteiger partial charge in [0, 0.05) is 5.69 Å². The van der Waals surface area contributed by atoms with Gasteiger partial charge in [0.15, 0.2) is 6.61 Å². The van der Waals surface area contributed by atoms with Crippen molar-refractivity contribution in [3.63, 3.8) is 0 Å². The summed E-state index contributed by atoms with van der Waals surface area (Å²) in [6, 6.07) is 15.7. The summed E-state index contributed by atoms with van der Waals surface area (Å²) in [5, 5.41) is 19.4. The van der Waals surface area contributed by atoms with Gasteiger partial charge in [0.1, 0.15) is 12.5 Å². The number of anilines is 1. The minimum atomic E-state index is -4.77. The Balaban J connectivity index is 1.69. The van der Waals surface area contributed by atoms with Crippen molar-refractivity contribution in [2.24, 2.45) is 5.92 Å². The lowest BCUT2D eigenvalue weighted by molar-refractivity contribution is -0.149. The van der Waals surface area contributed by atoms with Crippen LogP contribution in [0.15, 0.2) is 78.9 Å². The highest BCUT2D eigenvalue weighted by Gasteiger charge is 2.52. The molecule has 4 rings (SSSR count). The lowest BCUT2D eigenvalue weighted by atomic mass is 9.83. The Labute approximate surface area is 243 Å². The van der Waals surface area contributed by atoms with Crippen molar-refractivity contribution in [3.05, 3.63) is 101 Å². The highest BCUT2D eigenvalue weighted by Crippen LogP contribution is 2.42. The topological polar surface area (TPSA) is 137 Å². The van der Waals surface area contributed by atoms with E-state index in [0.717, 1.165) is 17.0 Å². The summed E-state index contributed by atoms with van der Waals surface area (Å²) in [6.45, 7) is 0.263. The molecular weight excluding hydrogens is 571 g/mol. The molecule has 10 nitrogen and oxygen atoms in total. The number of alkyl halides is 3. The lowest BCUT2D eigenvalue weighted by Crippen LogP contribution is -2.63. The highest BCUT2D eigenvalue weighted by molar-refractivity contribution is 6.04. The second-order valence-electron chi connectivity index (χ2n) is 9.55. The van der Waals surface area contributed by atoms with Crippen LogP contribution >= 0.6 is 0 Å². The number of esters is 1. The zero-order chi connectivity index (χ0) is 31.3. The van der Waals surface area contributed by atoms with E-state index in [4.69, 9.17) is 14.7 Å². The first-order chi connectivity index (χ1) is 20.4. The number of hydrogen-bond donors (Lipinski definition) is 1. The third-order valence-corrected chi connectivity index (χ3v) is 6.83. The van der Waals surface area contributed by atoms with Crippen molar-refractivity contribution in [2.75, 3.05) is 11.5 Å². The molecule has 0 saturated carbocycles. The average molecular weight is 596 g/mol. The van der Waals surface area contributed by atoms with Crippen LogP contribution in [0.1, 0.15) is 35.2 Å². The fraction of sp³-hybridized carbons (Fsp3) is 0.233. The quantitative estimate of drug-likeness (QED) is 0.352. The molecule has 0 spiro atoms. The normalized spacial score (nSPS) is 18.5. The van der Waals surface area contributed by atoms with Gasteiger partial charge >= 0.3 is 30.2 Å². The minimum Gasteiger partial charge on any atom is -0.481 e. The monoisotopic (exact) mass is 595 g/mol. The molecule has 0 aliphatic carbocycles. The van der Waals surface area contributed by atoms with E-state index in [0.29, 0.717) is 16.5 Å². The predicted molar refractivity (Wildman–Crippen MR) is 143 cm³/mol. The van der Waals surface area contributed by atoms with Crippen molar-refractivity contribution in [1.29, 1.82) is 5.26 Å². The summed E-state index contributed by atoms with van der Waals surface area (Å²) in [4.78, 5) is 53.4. The van der Waals surface area contributed by atoms with E-state index in [2.05, 4.69) is 0 Å². The van der Waals surface area contributed by atoms with Crippen LogP contribution < -0.4 is 4.90 Å². The number of hydrogen-bond acceptors (Lipinski definition) is 7. The molecule has 1 aliphatic heterocycles. The number of amides is 3. The number of halogens is 3. The molecular formula is C30H24F3N3O7. The number of carbonyl (C=O) groups is 4. The van der Waals surface area contributed by atoms with Crippen LogP contribution in [0.4, 0.5) is 28.4 Å². The Kier molecular flexibility index (Phi) is 8.99. The number of rotatable bonds is 7. The zero-order valence-corrected chi connectivity index (χ0v) is 22.5. The number of urea groups is 1. The van der Waals surface area contributed by atoms with E-state index in [1.165, 1.54) is 37.3 Å². The Bertz CT molecular complexity index is 1560. The molecule has 0 radical (unpaired) electrons. The standard InChI is InChI=1S/C30H24F3N3O7/c1-18-25(27(38)39)26(21-12-10-19(15-34)11-13-21)36(28(40)35(18)23-9-5-8-22(14-23)30(31,32)33)29(41)43-17-24(37)42-16-20-6-3-2-4-7-20/h2-14,18,25-26H,16-17H2,1H3,(H,38,39). The van der Waals surface area contributed by atoms with Gasteiger partial charge in [0.05, 0.1) is 29.3 Å². The fourth-order valence-electron chi connectivity index (χ4n) is 4.79. The van der Waals surface area contributed by atoms with Gasteiger partial charge in [-0.05, 0) is 48.4 Å². The number of nitriles is 1. The van der Waals surface area contributed by atoms with Crippen LogP contribution in [-0.2, 0) is 31.8 Å². The zero-order valence-electron chi connectivity index (χ0n) is 22.5. The van der Waals surface area contributed by atoms with Gasteiger partial charge in [-0.3, -0.25) is 9.69 Å². The Morgan fingerprint density at radius 2 is 1.65 bits per heavy atom.